The molecule has 0 radical (unpaired) electrons. The van der Waals surface area contributed by atoms with Gasteiger partial charge in [0.2, 0.25) is 0 Å². The number of nitrogens with zero attached hydrogens (tertiary/aromatic N) is 2. The molecular weight excluding hydrogens is 186 g/mol. The van der Waals surface area contributed by atoms with Crippen LogP contribution in [0.2, 0.25) is 0 Å². The first kappa shape index (κ1) is 9.40. The van der Waals surface area contributed by atoms with Crippen LogP contribution in [0.5, 0.6) is 0 Å². The van der Waals surface area contributed by atoms with E-state index >= 15 is 0 Å². The summed E-state index contributed by atoms with van der Waals surface area (Å²) in [6.45, 7) is 0. The largest absolute Gasteiger partial charge is 0.279 e. The lowest BCUT2D eigenvalue weighted by molar-refractivity contribution is 1.30. The molecule has 0 amide bonds. The molecule has 0 saturated heterocycles. The predicted octanol–water partition coefficient (Wildman–Crippen LogP) is 2.53. The summed E-state index contributed by atoms with van der Waals surface area (Å²) in [4.78, 5) is 3.99. The molecule has 1 aromatic heterocycles. The number of benzene rings is 1. The zero-order valence-corrected chi connectivity index (χ0v) is 8.17. The normalized spacial score (nSPS) is 10.4. The molecule has 0 bridgehead atoms. The highest BCUT2D eigenvalue weighted by molar-refractivity contribution is 5.79. The first-order chi connectivity index (χ1) is 7.45. The fourth-order valence-electron chi connectivity index (χ4n) is 1.15. The molecule has 1 aromatic carbocycles. The Morgan fingerprint density at radius 3 is 2.67 bits per heavy atom. The number of rotatable bonds is 3. The molecular formula is C12H11N3. The molecule has 0 fully saturated rings. The summed E-state index contributed by atoms with van der Waals surface area (Å²) in [6.07, 6.45) is 5.23. The minimum absolute atomic E-state index is 0.970. The molecule has 0 aliphatic heterocycles. The second kappa shape index (κ2) is 4.91. The fraction of sp³-hybridized carbons (Fsp3) is 0. The van der Waals surface area contributed by atoms with Crippen molar-refractivity contribution >= 4 is 11.9 Å². The lowest BCUT2D eigenvalue weighted by atomic mass is 10.3. The minimum atomic E-state index is 0.970. The zero-order valence-electron chi connectivity index (χ0n) is 8.17. The van der Waals surface area contributed by atoms with Gasteiger partial charge in [-0.05, 0) is 18.2 Å². The Morgan fingerprint density at radius 2 is 1.93 bits per heavy atom. The van der Waals surface area contributed by atoms with Crippen molar-refractivity contribution in [2.24, 2.45) is 5.10 Å². The highest BCUT2D eigenvalue weighted by Crippen LogP contribution is 2.04. The third-order valence-electron chi connectivity index (χ3n) is 1.87. The van der Waals surface area contributed by atoms with E-state index in [0.29, 0.717) is 0 Å². The van der Waals surface area contributed by atoms with Gasteiger partial charge in [-0.2, -0.15) is 5.10 Å². The van der Waals surface area contributed by atoms with Gasteiger partial charge < -0.3 is 0 Å². The maximum Gasteiger partial charge on any atom is 0.0561 e. The monoisotopic (exact) mass is 197 g/mol. The molecule has 3 heteroatoms. The summed E-state index contributed by atoms with van der Waals surface area (Å²) < 4.78 is 0. The Hall–Kier alpha value is -2.16. The van der Waals surface area contributed by atoms with Crippen molar-refractivity contribution in [1.82, 2.24) is 4.98 Å². The number of anilines is 1. The average Bonchev–Trinajstić information content (AvgIpc) is 2.32. The zero-order chi connectivity index (χ0) is 10.3. The van der Waals surface area contributed by atoms with E-state index in [1.807, 2.05) is 42.5 Å². The van der Waals surface area contributed by atoms with Crippen LogP contribution in [0, 0.1) is 0 Å². The van der Waals surface area contributed by atoms with Crippen LogP contribution in [0.1, 0.15) is 5.56 Å². The molecule has 0 aliphatic rings. The Balaban J connectivity index is 1.97. The summed E-state index contributed by atoms with van der Waals surface area (Å²) in [7, 11) is 0. The van der Waals surface area contributed by atoms with Gasteiger partial charge in [-0.3, -0.25) is 10.4 Å². The fourth-order valence-corrected chi connectivity index (χ4v) is 1.15. The van der Waals surface area contributed by atoms with Crippen LogP contribution in [0.4, 0.5) is 5.69 Å². The number of para-hydroxylation sites is 1. The van der Waals surface area contributed by atoms with Gasteiger partial charge in [0.15, 0.2) is 0 Å². The van der Waals surface area contributed by atoms with E-state index in [9.17, 15) is 0 Å². The Labute approximate surface area is 88.5 Å². The van der Waals surface area contributed by atoms with Gasteiger partial charge in [0.05, 0.1) is 11.9 Å². The summed E-state index contributed by atoms with van der Waals surface area (Å²) in [5.41, 5.74) is 4.88. The molecule has 2 aromatic rings. The summed E-state index contributed by atoms with van der Waals surface area (Å²) in [5.74, 6) is 0. The van der Waals surface area contributed by atoms with Gasteiger partial charge in [0, 0.05) is 18.0 Å². The summed E-state index contributed by atoms with van der Waals surface area (Å²) in [5, 5.41) is 4.10. The van der Waals surface area contributed by atoms with Crippen molar-refractivity contribution < 1.29 is 0 Å². The maximum absolute atomic E-state index is 4.10. The van der Waals surface area contributed by atoms with Crippen LogP contribution in [-0.2, 0) is 0 Å². The Morgan fingerprint density at radius 1 is 1.07 bits per heavy atom. The van der Waals surface area contributed by atoms with E-state index in [4.69, 9.17) is 0 Å². The van der Waals surface area contributed by atoms with Crippen LogP contribution in [0.25, 0.3) is 0 Å². The van der Waals surface area contributed by atoms with Crippen LogP contribution in [0.3, 0.4) is 0 Å². The van der Waals surface area contributed by atoms with Crippen LogP contribution >= 0.6 is 0 Å². The number of nitrogens with one attached hydrogen (secondary N) is 1. The first-order valence-electron chi connectivity index (χ1n) is 4.69. The second-order valence-electron chi connectivity index (χ2n) is 3.02. The van der Waals surface area contributed by atoms with Crippen LogP contribution < -0.4 is 5.43 Å². The topological polar surface area (TPSA) is 37.3 Å². The third kappa shape index (κ3) is 2.91. The van der Waals surface area contributed by atoms with Crippen LogP contribution in [-0.4, -0.2) is 11.2 Å². The van der Waals surface area contributed by atoms with E-state index in [1.54, 1.807) is 18.6 Å². The highest BCUT2D eigenvalue weighted by atomic mass is 15.3. The summed E-state index contributed by atoms with van der Waals surface area (Å²) >= 11 is 0. The molecule has 15 heavy (non-hydrogen) atoms. The second-order valence-corrected chi connectivity index (χ2v) is 3.02. The van der Waals surface area contributed by atoms with E-state index < -0.39 is 0 Å². The number of hydrogen-bond donors (Lipinski definition) is 1. The number of pyridine rings is 1. The van der Waals surface area contributed by atoms with Gasteiger partial charge in [0.1, 0.15) is 0 Å². The van der Waals surface area contributed by atoms with Gasteiger partial charge >= 0.3 is 0 Å². The Kier molecular flexibility index (Phi) is 3.07. The van der Waals surface area contributed by atoms with Gasteiger partial charge in [-0.15, -0.1) is 0 Å². The maximum atomic E-state index is 4.10. The van der Waals surface area contributed by atoms with E-state index in [-0.39, 0.29) is 0 Å². The minimum Gasteiger partial charge on any atom is -0.279 e. The number of hydrazone groups is 1. The molecule has 1 heterocycles. The van der Waals surface area contributed by atoms with E-state index in [0.717, 1.165) is 11.3 Å². The van der Waals surface area contributed by atoms with Crippen LogP contribution in [0.15, 0.2) is 60.0 Å². The van der Waals surface area contributed by atoms with Crippen molar-refractivity contribution in [3.05, 3.63) is 60.4 Å². The number of hydrogen-bond acceptors (Lipinski definition) is 3. The predicted molar refractivity (Wildman–Crippen MR) is 61.9 cm³/mol. The van der Waals surface area contributed by atoms with Crippen molar-refractivity contribution in [2.75, 3.05) is 5.43 Å². The standard InChI is InChI=1S/C12H11N3/c1-2-6-12(7-3-1)15-14-10-11-5-4-8-13-9-11/h1-10,15H/b14-10+. The Bertz CT molecular complexity index is 423. The average molecular weight is 197 g/mol. The van der Waals surface area contributed by atoms with E-state index in [1.165, 1.54) is 0 Å². The quantitative estimate of drug-likeness (QED) is 0.606. The van der Waals surface area contributed by atoms with Crippen molar-refractivity contribution in [3.63, 3.8) is 0 Å². The molecule has 74 valence electrons. The molecule has 1 N–H and O–H groups in total. The first-order valence-corrected chi connectivity index (χ1v) is 4.69. The van der Waals surface area contributed by atoms with Gasteiger partial charge in [-0.1, -0.05) is 24.3 Å². The SMILES string of the molecule is C(=N\Nc1ccccc1)/c1cccnc1. The van der Waals surface area contributed by atoms with Gasteiger partial charge in [0.25, 0.3) is 0 Å². The highest BCUT2D eigenvalue weighted by Gasteiger charge is 1.86. The molecule has 0 atom stereocenters. The van der Waals surface area contributed by atoms with E-state index in [2.05, 4.69) is 15.5 Å². The molecule has 2 rings (SSSR count). The van der Waals surface area contributed by atoms with Crippen molar-refractivity contribution in [1.29, 1.82) is 0 Å². The molecule has 3 nitrogen and oxygen atoms in total. The van der Waals surface area contributed by atoms with Crippen molar-refractivity contribution in [3.8, 4) is 0 Å². The van der Waals surface area contributed by atoms with Crippen molar-refractivity contribution in [2.45, 2.75) is 0 Å². The lowest BCUT2D eigenvalue weighted by Gasteiger charge is -1.97. The van der Waals surface area contributed by atoms with Gasteiger partial charge in [-0.25, -0.2) is 0 Å². The molecule has 0 unspecified atom stereocenters. The lowest BCUT2D eigenvalue weighted by Crippen LogP contribution is -1.90. The molecule has 0 saturated carbocycles. The summed E-state index contributed by atoms with van der Waals surface area (Å²) in [6, 6.07) is 13.6. The number of aromatic nitrogens is 1. The third-order valence-corrected chi connectivity index (χ3v) is 1.87. The molecule has 0 aliphatic carbocycles. The molecule has 0 spiro atoms. The smallest absolute Gasteiger partial charge is 0.0561 e.